The fraction of sp³-hybridized carbons (Fsp3) is 0.440. The molecule has 9 heteroatoms. The van der Waals surface area contributed by atoms with E-state index in [1.54, 1.807) is 12.1 Å². The molecule has 0 amide bonds. The average molecular weight is 489 g/mol. The van der Waals surface area contributed by atoms with Gasteiger partial charge < -0.3 is 9.47 Å². The van der Waals surface area contributed by atoms with Gasteiger partial charge in [-0.25, -0.2) is 14.3 Å². The lowest BCUT2D eigenvalue weighted by Crippen LogP contribution is -2.46. The van der Waals surface area contributed by atoms with Crippen LogP contribution in [0.4, 0.5) is 4.39 Å². The standard InChI is InChI=1S/C25H30ClFN4O3/c1-15(17-11-18(25(2,3)4)13-19(26)12-17)34-23-22(16-5-7-20(27)8-6-16)31(9-10-33-23)14-21-28-24(32)30-29-21/h5-8,11-13,15,22-23H,9-10,14H2,1-4H3,(H2,28,29,30,32)/t15-,22+,23-/m1/s1. The smallest absolute Gasteiger partial charge is 0.340 e. The van der Waals surface area contributed by atoms with Crippen LogP contribution in [0, 0.1) is 5.82 Å². The van der Waals surface area contributed by atoms with Gasteiger partial charge in [0.05, 0.1) is 25.3 Å². The van der Waals surface area contributed by atoms with E-state index >= 15 is 0 Å². The number of rotatable bonds is 6. The fourth-order valence-electron chi connectivity index (χ4n) is 4.14. The number of nitrogens with zero attached hydrogens (tertiary/aromatic N) is 2. The minimum atomic E-state index is -0.628. The number of halogens is 2. The van der Waals surface area contributed by atoms with Crippen molar-refractivity contribution in [2.75, 3.05) is 13.2 Å². The third-order valence-electron chi connectivity index (χ3n) is 6.02. The summed E-state index contributed by atoms with van der Waals surface area (Å²) in [6.45, 7) is 9.79. The van der Waals surface area contributed by atoms with Crippen molar-refractivity contribution in [2.45, 2.75) is 58.1 Å². The zero-order valence-electron chi connectivity index (χ0n) is 19.8. The second kappa shape index (κ2) is 10.00. The van der Waals surface area contributed by atoms with E-state index < -0.39 is 6.29 Å². The summed E-state index contributed by atoms with van der Waals surface area (Å²) in [5.74, 6) is 0.193. The van der Waals surface area contributed by atoms with Gasteiger partial charge >= 0.3 is 5.69 Å². The lowest BCUT2D eigenvalue weighted by molar-refractivity contribution is -0.231. The molecular formula is C25H30ClFN4O3. The van der Waals surface area contributed by atoms with Gasteiger partial charge in [0, 0.05) is 11.6 Å². The van der Waals surface area contributed by atoms with E-state index in [9.17, 15) is 9.18 Å². The SMILES string of the molecule is C[C@@H](O[C@H]1OCCN(Cc2n[nH]c(=O)[nH]2)[C@H]1c1ccc(F)cc1)c1cc(Cl)cc(C(C)(C)C)c1. The van der Waals surface area contributed by atoms with Gasteiger partial charge in [-0.1, -0.05) is 50.6 Å². The second-order valence-electron chi connectivity index (χ2n) is 9.63. The first kappa shape index (κ1) is 24.6. The molecule has 1 aromatic heterocycles. The van der Waals surface area contributed by atoms with Crippen LogP contribution in [0.25, 0.3) is 0 Å². The van der Waals surface area contributed by atoms with E-state index in [1.807, 2.05) is 19.1 Å². The Labute approximate surface area is 203 Å². The number of aromatic nitrogens is 3. The van der Waals surface area contributed by atoms with Crippen LogP contribution in [-0.4, -0.2) is 39.5 Å². The number of ether oxygens (including phenoxy) is 2. The van der Waals surface area contributed by atoms with Crippen molar-refractivity contribution in [3.05, 3.63) is 86.3 Å². The first-order valence-electron chi connectivity index (χ1n) is 11.3. The van der Waals surface area contributed by atoms with Crippen LogP contribution in [0.3, 0.4) is 0 Å². The molecule has 34 heavy (non-hydrogen) atoms. The molecule has 4 rings (SSSR count). The molecule has 1 aliphatic heterocycles. The number of morpholine rings is 1. The number of H-pyrrole nitrogens is 2. The quantitative estimate of drug-likeness (QED) is 0.517. The predicted molar refractivity (Wildman–Crippen MR) is 128 cm³/mol. The number of aromatic amines is 2. The van der Waals surface area contributed by atoms with Gasteiger partial charge in [-0.15, -0.1) is 0 Å². The Kier molecular flexibility index (Phi) is 7.23. The first-order valence-corrected chi connectivity index (χ1v) is 11.7. The maximum atomic E-state index is 13.7. The van der Waals surface area contributed by atoms with Gasteiger partial charge in [0.2, 0.25) is 0 Å². The summed E-state index contributed by atoms with van der Waals surface area (Å²) < 4.78 is 26.2. The summed E-state index contributed by atoms with van der Waals surface area (Å²) in [5, 5.41) is 7.09. The maximum absolute atomic E-state index is 13.7. The van der Waals surface area contributed by atoms with Gasteiger partial charge in [-0.05, 0) is 53.3 Å². The highest BCUT2D eigenvalue weighted by Crippen LogP contribution is 2.36. The molecule has 0 bridgehead atoms. The Morgan fingerprint density at radius 3 is 2.65 bits per heavy atom. The lowest BCUT2D eigenvalue weighted by atomic mass is 9.86. The fourth-order valence-corrected chi connectivity index (χ4v) is 4.38. The highest BCUT2D eigenvalue weighted by atomic mass is 35.5. The van der Waals surface area contributed by atoms with Gasteiger partial charge in [0.15, 0.2) is 6.29 Å². The Morgan fingerprint density at radius 1 is 1.26 bits per heavy atom. The third-order valence-corrected chi connectivity index (χ3v) is 6.24. The van der Waals surface area contributed by atoms with E-state index in [0.29, 0.717) is 30.5 Å². The summed E-state index contributed by atoms with van der Waals surface area (Å²) in [6.07, 6.45) is -0.935. The van der Waals surface area contributed by atoms with E-state index in [4.69, 9.17) is 21.1 Å². The van der Waals surface area contributed by atoms with Crippen molar-refractivity contribution in [3.8, 4) is 0 Å². The van der Waals surface area contributed by atoms with Gasteiger partial charge in [-0.2, -0.15) is 5.10 Å². The molecule has 0 aliphatic carbocycles. The van der Waals surface area contributed by atoms with E-state index in [-0.39, 0.29) is 29.1 Å². The molecule has 2 N–H and O–H groups in total. The van der Waals surface area contributed by atoms with Crippen LogP contribution in [-0.2, 0) is 21.4 Å². The Hall–Kier alpha value is -2.52. The van der Waals surface area contributed by atoms with E-state index in [1.165, 1.54) is 12.1 Å². The molecule has 0 unspecified atom stereocenters. The Balaban J connectivity index is 1.62. The summed E-state index contributed by atoms with van der Waals surface area (Å²) in [4.78, 5) is 16.3. The van der Waals surface area contributed by atoms with E-state index in [0.717, 1.165) is 16.7 Å². The molecule has 3 aromatic rings. The monoisotopic (exact) mass is 488 g/mol. The topological polar surface area (TPSA) is 83.2 Å². The maximum Gasteiger partial charge on any atom is 0.340 e. The number of nitrogens with one attached hydrogen (secondary N) is 2. The number of hydrogen-bond donors (Lipinski definition) is 2. The van der Waals surface area contributed by atoms with Gasteiger partial charge in [0.1, 0.15) is 11.6 Å². The zero-order chi connectivity index (χ0) is 24.5. The molecule has 0 saturated carbocycles. The van der Waals surface area contributed by atoms with Crippen LogP contribution < -0.4 is 5.69 Å². The van der Waals surface area contributed by atoms with Crippen molar-refractivity contribution in [2.24, 2.45) is 0 Å². The summed E-state index contributed by atoms with van der Waals surface area (Å²) in [6, 6.07) is 12.0. The van der Waals surface area contributed by atoms with Crippen LogP contribution in [0.1, 0.15) is 62.4 Å². The minimum absolute atomic E-state index is 0.0609. The molecule has 1 aliphatic rings. The highest BCUT2D eigenvalue weighted by Gasteiger charge is 2.36. The number of benzene rings is 2. The zero-order valence-corrected chi connectivity index (χ0v) is 20.5. The Bertz CT molecular complexity index is 1170. The molecule has 7 nitrogen and oxygen atoms in total. The highest BCUT2D eigenvalue weighted by molar-refractivity contribution is 6.30. The molecule has 3 atom stereocenters. The van der Waals surface area contributed by atoms with Crippen LogP contribution in [0.15, 0.2) is 47.3 Å². The van der Waals surface area contributed by atoms with Gasteiger partial charge in [0.25, 0.3) is 0 Å². The normalized spacial score (nSPS) is 20.4. The number of hydrogen-bond acceptors (Lipinski definition) is 5. The minimum Gasteiger partial charge on any atom is -0.349 e. The molecule has 1 fully saturated rings. The lowest BCUT2D eigenvalue weighted by Gasteiger charge is -2.41. The van der Waals surface area contributed by atoms with E-state index in [2.05, 4.69) is 46.9 Å². The summed E-state index contributed by atoms with van der Waals surface area (Å²) in [5.41, 5.74) is 2.49. The van der Waals surface area contributed by atoms with Crippen molar-refractivity contribution in [3.63, 3.8) is 0 Å². The second-order valence-corrected chi connectivity index (χ2v) is 10.1. The van der Waals surface area contributed by atoms with Crippen LogP contribution >= 0.6 is 11.6 Å². The molecule has 1 saturated heterocycles. The largest absolute Gasteiger partial charge is 0.349 e. The average Bonchev–Trinajstić information content (AvgIpc) is 3.18. The summed E-state index contributed by atoms with van der Waals surface area (Å²) in [7, 11) is 0. The first-order chi connectivity index (χ1) is 16.1. The predicted octanol–water partition coefficient (Wildman–Crippen LogP) is 4.87. The van der Waals surface area contributed by atoms with Crippen molar-refractivity contribution >= 4 is 11.6 Å². The molecule has 2 aromatic carbocycles. The van der Waals surface area contributed by atoms with Gasteiger partial charge in [-0.3, -0.25) is 9.88 Å². The van der Waals surface area contributed by atoms with Crippen molar-refractivity contribution in [1.29, 1.82) is 0 Å². The molecule has 0 radical (unpaired) electrons. The Morgan fingerprint density at radius 2 is 2.00 bits per heavy atom. The van der Waals surface area contributed by atoms with Crippen LogP contribution in [0.5, 0.6) is 0 Å². The molecule has 0 spiro atoms. The molecule has 182 valence electrons. The summed E-state index contributed by atoms with van der Waals surface area (Å²) >= 11 is 6.43. The van der Waals surface area contributed by atoms with Crippen molar-refractivity contribution in [1.82, 2.24) is 20.1 Å². The third kappa shape index (κ3) is 5.75. The molecule has 2 heterocycles. The molecular weight excluding hydrogens is 459 g/mol. The van der Waals surface area contributed by atoms with Crippen LogP contribution in [0.2, 0.25) is 5.02 Å². The van der Waals surface area contributed by atoms with Crippen molar-refractivity contribution < 1.29 is 13.9 Å².